The van der Waals surface area contributed by atoms with Crippen molar-refractivity contribution in [3.05, 3.63) is 0 Å². The Kier molecular flexibility index (Phi) is 6.06. The molecule has 0 N–H and O–H groups in total. The molecule has 0 bridgehead atoms. The molecule has 0 saturated heterocycles. The average molecular weight is 157 g/mol. The third kappa shape index (κ3) is 4.69. The van der Waals surface area contributed by atoms with Gasteiger partial charge in [0.05, 0.1) is 12.0 Å². The van der Waals surface area contributed by atoms with Crippen LogP contribution in [0.5, 0.6) is 0 Å². The van der Waals surface area contributed by atoms with Gasteiger partial charge in [-0.15, -0.1) is 23.2 Å². The third-order valence-corrected chi connectivity index (χ3v) is 1.33. The second-order valence-corrected chi connectivity index (χ2v) is 2.53. The van der Waals surface area contributed by atoms with Crippen LogP contribution in [0.3, 0.4) is 0 Å². The van der Waals surface area contributed by atoms with Crippen LogP contribution in [0.15, 0.2) is 0 Å². The number of alkyl halides is 2. The summed E-state index contributed by atoms with van der Waals surface area (Å²) in [7, 11) is 1.63. The molecule has 0 radical (unpaired) electrons. The van der Waals surface area contributed by atoms with Gasteiger partial charge in [-0.2, -0.15) is 0 Å². The molecule has 0 rings (SSSR count). The summed E-state index contributed by atoms with van der Waals surface area (Å²) in [6.07, 6.45) is 0.816. The van der Waals surface area contributed by atoms with Crippen molar-refractivity contribution in [3.8, 4) is 0 Å². The van der Waals surface area contributed by atoms with Crippen molar-refractivity contribution >= 4 is 23.2 Å². The molecule has 0 aromatic carbocycles. The average Bonchev–Trinajstić information content (AvgIpc) is 1.68. The van der Waals surface area contributed by atoms with E-state index in [0.717, 1.165) is 6.42 Å². The molecular formula is C5H10Cl2O. The fourth-order valence-corrected chi connectivity index (χ4v) is 0.993. The molecular weight excluding hydrogens is 147 g/mol. The minimum Gasteiger partial charge on any atom is -0.383 e. The van der Waals surface area contributed by atoms with Gasteiger partial charge in [0.15, 0.2) is 0 Å². The maximum Gasteiger partial charge on any atom is 0.0626 e. The van der Waals surface area contributed by atoms with Crippen LogP contribution in [0.4, 0.5) is 0 Å². The first-order valence-electron chi connectivity index (χ1n) is 2.50. The highest BCUT2D eigenvalue weighted by molar-refractivity contribution is 6.22. The summed E-state index contributed by atoms with van der Waals surface area (Å²) >= 11 is 11.1. The minimum atomic E-state index is 0.0810. The van der Waals surface area contributed by atoms with Gasteiger partial charge in [0.2, 0.25) is 0 Å². The van der Waals surface area contributed by atoms with E-state index in [4.69, 9.17) is 27.9 Å². The summed E-state index contributed by atoms with van der Waals surface area (Å²) in [6.45, 7) is 0.592. The van der Waals surface area contributed by atoms with E-state index in [1.807, 2.05) is 0 Å². The maximum absolute atomic E-state index is 5.67. The summed E-state index contributed by atoms with van der Waals surface area (Å²) in [6, 6.07) is 0. The summed E-state index contributed by atoms with van der Waals surface area (Å²) in [5.41, 5.74) is 0. The second-order valence-electron chi connectivity index (χ2n) is 1.53. The Balaban J connectivity index is 2.92. The first-order valence-corrected chi connectivity index (χ1v) is 3.47. The topological polar surface area (TPSA) is 9.23 Å². The zero-order valence-corrected chi connectivity index (χ0v) is 6.37. The molecule has 0 heterocycles. The normalized spacial score (nSPS) is 13.9. The molecule has 0 saturated carbocycles. The predicted molar refractivity (Wildman–Crippen MR) is 36.9 cm³/mol. The van der Waals surface area contributed by atoms with E-state index in [-0.39, 0.29) is 5.38 Å². The molecule has 50 valence electrons. The number of hydrogen-bond donors (Lipinski definition) is 0. The molecule has 0 aromatic heterocycles. The summed E-state index contributed by atoms with van der Waals surface area (Å²) in [5, 5.41) is 0.0810. The predicted octanol–water partition coefficient (Wildman–Crippen LogP) is 1.87. The van der Waals surface area contributed by atoms with Crippen LogP contribution >= 0.6 is 23.2 Å². The Morgan fingerprint density at radius 2 is 2.25 bits per heavy atom. The lowest BCUT2D eigenvalue weighted by atomic mass is 10.3. The lowest BCUT2D eigenvalue weighted by Crippen LogP contribution is -2.06. The minimum absolute atomic E-state index is 0.0810. The number of rotatable bonds is 4. The van der Waals surface area contributed by atoms with Crippen molar-refractivity contribution in [1.82, 2.24) is 0 Å². The van der Waals surface area contributed by atoms with Crippen molar-refractivity contribution in [2.24, 2.45) is 0 Å². The summed E-state index contributed by atoms with van der Waals surface area (Å²) in [5.74, 6) is 0.609. The molecule has 0 fully saturated rings. The first kappa shape index (κ1) is 8.54. The van der Waals surface area contributed by atoms with Gasteiger partial charge in [-0.05, 0) is 6.42 Å². The molecule has 0 aliphatic rings. The van der Waals surface area contributed by atoms with Gasteiger partial charge in [0.1, 0.15) is 0 Å². The van der Waals surface area contributed by atoms with Gasteiger partial charge in [0.25, 0.3) is 0 Å². The number of methoxy groups -OCH3 is 1. The highest BCUT2D eigenvalue weighted by Gasteiger charge is 2.00. The third-order valence-electron chi connectivity index (χ3n) is 0.770. The zero-order valence-electron chi connectivity index (χ0n) is 4.86. The number of halogens is 2. The van der Waals surface area contributed by atoms with Crippen LogP contribution in [-0.2, 0) is 4.74 Å². The van der Waals surface area contributed by atoms with Crippen LogP contribution in [0.25, 0.3) is 0 Å². The van der Waals surface area contributed by atoms with E-state index in [0.29, 0.717) is 12.5 Å². The van der Waals surface area contributed by atoms with E-state index in [9.17, 15) is 0 Å². The van der Waals surface area contributed by atoms with Gasteiger partial charge in [-0.1, -0.05) is 0 Å². The van der Waals surface area contributed by atoms with Crippen LogP contribution in [0.2, 0.25) is 0 Å². The Morgan fingerprint density at radius 1 is 1.62 bits per heavy atom. The molecule has 8 heavy (non-hydrogen) atoms. The highest BCUT2D eigenvalue weighted by Crippen LogP contribution is 2.02. The smallest absolute Gasteiger partial charge is 0.0626 e. The Hall–Kier alpha value is 0.540. The fourth-order valence-electron chi connectivity index (χ4n) is 0.383. The SMILES string of the molecule is COCC(Cl)CCCl. The highest BCUT2D eigenvalue weighted by atomic mass is 35.5. The van der Waals surface area contributed by atoms with Crippen molar-refractivity contribution in [1.29, 1.82) is 0 Å². The van der Waals surface area contributed by atoms with Gasteiger partial charge in [0, 0.05) is 13.0 Å². The molecule has 0 amide bonds. The van der Waals surface area contributed by atoms with E-state index in [2.05, 4.69) is 0 Å². The zero-order chi connectivity index (χ0) is 6.41. The lowest BCUT2D eigenvalue weighted by molar-refractivity contribution is 0.197. The largest absolute Gasteiger partial charge is 0.383 e. The fraction of sp³-hybridized carbons (Fsp3) is 1.00. The molecule has 0 spiro atoms. The van der Waals surface area contributed by atoms with Crippen LogP contribution in [0, 0.1) is 0 Å². The molecule has 1 unspecified atom stereocenters. The number of hydrogen-bond acceptors (Lipinski definition) is 1. The van der Waals surface area contributed by atoms with E-state index < -0.39 is 0 Å². The van der Waals surface area contributed by atoms with Crippen molar-refractivity contribution < 1.29 is 4.74 Å². The van der Waals surface area contributed by atoms with Crippen LogP contribution < -0.4 is 0 Å². The van der Waals surface area contributed by atoms with Gasteiger partial charge >= 0.3 is 0 Å². The van der Waals surface area contributed by atoms with E-state index >= 15 is 0 Å². The maximum atomic E-state index is 5.67. The lowest BCUT2D eigenvalue weighted by Gasteiger charge is -2.02. The van der Waals surface area contributed by atoms with Gasteiger partial charge in [-0.25, -0.2) is 0 Å². The Morgan fingerprint density at radius 3 is 2.62 bits per heavy atom. The Labute approximate surface area is 59.9 Å². The van der Waals surface area contributed by atoms with Gasteiger partial charge < -0.3 is 4.74 Å². The second kappa shape index (κ2) is 5.67. The number of ether oxygens (including phenoxy) is 1. The molecule has 0 aromatic rings. The molecule has 1 atom stereocenters. The van der Waals surface area contributed by atoms with Gasteiger partial charge in [-0.3, -0.25) is 0 Å². The van der Waals surface area contributed by atoms with E-state index in [1.165, 1.54) is 0 Å². The molecule has 0 aliphatic heterocycles. The first-order chi connectivity index (χ1) is 3.81. The van der Waals surface area contributed by atoms with Crippen molar-refractivity contribution in [3.63, 3.8) is 0 Å². The van der Waals surface area contributed by atoms with E-state index in [1.54, 1.807) is 7.11 Å². The van der Waals surface area contributed by atoms with Crippen LogP contribution in [-0.4, -0.2) is 25.0 Å². The standard InChI is InChI=1S/C5H10Cl2O/c1-8-4-5(7)2-3-6/h5H,2-4H2,1H3. The molecule has 3 heteroatoms. The molecule has 1 nitrogen and oxygen atoms in total. The summed E-state index contributed by atoms with van der Waals surface area (Å²) < 4.78 is 4.77. The quantitative estimate of drug-likeness (QED) is 0.566. The monoisotopic (exact) mass is 156 g/mol. The Bertz CT molecular complexity index is 43.7. The van der Waals surface area contributed by atoms with Crippen molar-refractivity contribution in [2.75, 3.05) is 19.6 Å². The van der Waals surface area contributed by atoms with Crippen LogP contribution in [0.1, 0.15) is 6.42 Å². The molecule has 0 aliphatic carbocycles. The van der Waals surface area contributed by atoms with Crippen molar-refractivity contribution in [2.45, 2.75) is 11.8 Å². The summed E-state index contributed by atoms with van der Waals surface area (Å²) in [4.78, 5) is 0.